The van der Waals surface area contributed by atoms with Gasteiger partial charge in [-0.15, -0.1) is 0 Å². The minimum absolute atomic E-state index is 0.0781. The maximum atomic E-state index is 11.9. The number of primary amides is 1. The van der Waals surface area contributed by atoms with Crippen LogP contribution in [-0.4, -0.2) is 37.1 Å². The Hall–Kier alpha value is -2.12. The lowest BCUT2D eigenvalue weighted by atomic mass is 10.2. The second-order valence-corrected chi connectivity index (χ2v) is 5.45. The lowest BCUT2D eigenvalue weighted by Crippen LogP contribution is -2.22. The SMILES string of the molecule is CC1(C)OC[C@@H](CCOC(=O)c2cccc(NC(N)=O)c2)O1. The van der Waals surface area contributed by atoms with Crippen molar-refractivity contribution >= 4 is 17.7 Å². The number of benzene rings is 1. The van der Waals surface area contributed by atoms with Crippen LogP contribution in [0.5, 0.6) is 0 Å². The molecule has 7 nitrogen and oxygen atoms in total. The fourth-order valence-corrected chi connectivity index (χ4v) is 2.14. The number of nitrogens with two attached hydrogens (primary N) is 1. The molecule has 1 fully saturated rings. The van der Waals surface area contributed by atoms with Gasteiger partial charge in [0.25, 0.3) is 0 Å². The van der Waals surface area contributed by atoms with Gasteiger partial charge in [0.15, 0.2) is 5.79 Å². The molecule has 120 valence electrons. The Kier molecular flexibility index (Phi) is 4.99. The average Bonchev–Trinajstić information content (AvgIpc) is 2.77. The van der Waals surface area contributed by atoms with Crippen molar-refractivity contribution in [3.05, 3.63) is 29.8 Å². The van der Waals surface area contributed by atoms with Crippen molar-refractivity contribution in [3.8, 4) is 0 Å². The molecule has 22 heavy (non-hydrogen) atoms. The number of ether oxygens (including phenoxy) is 3. The Balaban J connectivity index is 1.81. The van der Waals surface area contributed by atoms with Gasteiger partial charge in [-0.25, -0.2) is 9.59 Å². The van der Waals surface area contributed by atoms with Gasteiger partial charge >= 0.3 is 12.0 Å². The normalized spacial score (nSPS) is 19.6. The van der Waals surface area contributed by atoms with E-state index >= 15 is 0 Å². The van der Waals surface area contributed by atoms with Crippen molar-refractivity contribution < 1.29 is 23.8 Å². The van der Waals surface area contributed by atoms with Crippen LogP contribution in [0.25, 0.3) is 0 Å². The van der Waals surface area contributed by atoms with E-state index in [2.05, 4.69) is 5.32 Å². The third-order valence-electron chi connectivity index (χ3n) is 3.11. The summed E-state index contributed by atoms with van der Waals surface area (Å²) in [4.78, 5) is 22.7. The Bertz CT molecular complexity index is 559. The first-order valence-electron chi connectivity index (χ1n) is 7.01. The first kappa shape index (κ1) is 16.3. The molecule has 1 saturated heterocycles. The molecular weight excluding hydrogens is 288 g/mol. The van der Waals surface area contributed by atoms with E-state index in [1.54, 1.807) is 18.2 Å². The van der Waals surface area contributed by atoms with Crippen LogP contribution in [0.4, 0.5) is 10.5 Å². The lowest BCUT2D eigenvalue weighted by Gasteiger charge is -2.17. The van der Waals surface area contributed by atoms with Crippen LogP contribution < -0.4 is 11.1 Å². The van der Waals surface area contributed by atoms with Crippen molar-refractivity contribution in [2.45, 2.75) is 32.2 Å². The van der Waals surface area contributed by atoms with Gasteiger partial charge in [-0.3, -0.25) is 0 Å². The highest BCUT2D eigenvalue weighted by Crippen LogP contribution is 2.24. The zero-order valence-electron chi connectivity index (χ0n) is 12.6. The third-order valence-corrected chi connectivity index (χ3v) is 3.11. The molecule has 0 spiro atoms. The van der Waals surface area contributed by atoms with E-state index in [9.17, 15) is 9.59 Å². The van der Waals surface area contributed by atoms with Gasteiger partial charge in [0.1, 0.15) is 0 Å². The van der Waals surface area contributed by atoms with Crippen LogP contribution in [0.1, 0.15) is 30.6 Å². The number of esters is 1. The monoisotopic (exact) mass is 308 g/mol. The smallest absolute Gasteiger partial charge is 0.338 e. The molecule has 2 rings (SSSR count). The van der Waals surface area contributed by atoms with E-state index in [4.69, 9.17) is 19.9 Å². The molecule has 1 aromatic rings. The van der Waals surface area contributed by atoms with Crippen molar-refractivity contribution in [3.63, 3.8) is 0 Å². The van der Waals surface area contributed by atoms with E-state index in [1.165, 1.54) is 6.07 Å². The molecule has 7 heteroatoms. The number of hydrogen-bond donors (Lipinski definition) is 2. The van der Waals surface area contributed by atoms with E-state index in [0.717, 1.165) is 0 Å². The summed E-state index contributed by atoms with van der Waals surface area (Å²) < 4.78 is 16.3. The van der Waals surface area contributed by atoms with Crippen LogP contribution in [-0.2, 0) is 14.2 Å². The average molecular weight is 308 g/mol. The summed E-state index contributed by atoms with van der Waals surface area (Å²) in [6.07, 6.45) is 0.486. The molecule has 1 aromatic carbocycles. The summed E-state index contributed by atoms with van der Waals surface area (Å²) in [6, 6.07) is 5.69. The second kappa shape index (κ2) is 6.76. The number of rotatable bonds is 5. The molecule has 1 atom stereocenters. The van der Waals surface area contributed by atoms with Crippen molar-refractivity contribution in [1.29, 1.82) is 0 Å². The number of urea groups is 1. The largest absolute Gasteiger partial charge is 0.462 e. The van der Waals surface area contributed by atoms with Crippen LogP contribution >= 0.6 is 0 Å². The number of carbonyl (C=O) groups is 2. The molecule has 0 radical (unpaired) electrons. The molecule has 0 saturated carbocycles. The van der Waals surface area contributed by atoms with Crippen LogP contribution in [0.15, 0.2) is 24.3 Å². The van der Waals surface area contributed by atoms with Crippen LogP contribution in [0.3, 0.4) is 0 Å². The number of anilines is 1. The highest BCUT2D eigenvalue weighted by atomic mass is 16.7. The minimum Gasteiger partial charge on any atom is -0.462 e. The van der Waals surface area contributed by atoms with Gasteiger partial charge in [-0.05, 0) is 32.0 Å². The maximum Gasteiger partial charge on any atom is 0.338 e. The Morgan fingerprint density at radius 2 is 2.23 bits per heavy atom. The van der Waals surface area contributed by atoms with E-state index < -0.39 is 17.8 Å². The van der Waals surface area contributed by atoms with Gasteiger partial charge < -0.3 is 25.3 Å². The second-order valence-electron chi connectivity index (χ2n) is 5.45. The predicted molar refractivity (Wildman–Crippen MR) is 79.5 cm³/mol. The summed E-state index contributed by atoms with van der Waals surface area (Å²) in [6.45, 7) is 4.41. The first-order chi connectivity index (χ1) is 10.4. The summed E-state index contributed by atoms with van der Waals surface area (Å²) in [5.41, 5.74) is 5.81. The van der Waals surface area contributed by atoms with Crippen molar-refractivity contribution in [2.24, 2.45) is 5.73 Å². The Labute approximate surface area is 128 Å². The fourth-order valence-electron chi connectivity index (χ4n) is 2.14. The number of nitrogens with one attached hydrogen (secondary N) is 1. The molecule has 1 aliphatic heterocycles. The van der Waals surface area contributed by atoms with E-state index in [1.807, 2.05) is 13.8 Å². The van der Waals surface area contributed by atoms with Gasteiger partial charge in [0, 0.05) is 12.1 Å². The zero-order valence-corrected chi connectivity index (χ0v) is 12.6. The standard InChI is InChI=1S/C15H20N2O5/c1-15(2)21-9-12(22-15)6-7-20-13(18)10-4-3-5-11(8-10)17-14(16)19/h3-5,8,12H,6-7,9H2,1-2H3,(H3,16,17,19)/t12-/m1/s1. The van der Waals surface area contributed by atoms with Gasteiger partial charge in [-0.1, -0.05) is 6.07 Å². The predicted octanol–water partition coefficient (Wildman–Crippen LogP) is 1.88. The molecule has 1 heterocycles. The zero-order chi connectivity index (χ0) is 16.2. The number of amides is 2. The molecule has 0 unspecified atom stereocenters. The van der Waals surface area contributed by atoms with Gasteiger partial charge in [0.2, 0.25) is 0 Å². The third kappa shape index (κ3) is 4.71. The lowest BCUT2D eigenvalue weighted by molar-refractivity contribution is -0.139. The minimum atomic E-state index is -0.688. The highest BCUT2D eigenvalue weighted by Gasteiger charge is 2.32. The van der Waals surface area contributed by atoms with Gasteiger partial charge in [0.05, 0.1) is 24.9 Å². The Morgan fingerprint density at radius 3 is 2.86 bits per heavy atom. The van der Waals surface area contributed by atoms with Crippen LogP contribution in [0, 0.1) is 0 Å². The summed E-state index contributed by atoms with van der Waals surface area (Å²) >= 11 is 0. The fraction of sp³-hybridized carbons (Fsp3) is 0.467. The summed E-state index contributed by atoms with van der Waals surface area (Å²) in [5.74, 6) is -1.05. The van der Waals surface area contributed by atoms with E-state index in [-0.39, 0.29) is 12.7 Å². The van der Waals surface area contributed by atoms with Crippen molar-refractivity contribution in [1.82, 2.24) is 0 Å². The molecule has 0 aliphatic carbocycles. The molecule has 1 aliphatic rings. The quantitative estimate of drug-likeness (QED) is 0.809. The maximum absolute atomic E-state index is 11.9. The molecule has 0 aromatic heterocycles. The van der Waals surface area contributed by atoms with Gasteiger partial charge in [-0.2, -0.15) is 0 Å². The number of hydrogen-bond acceptors (Lipinski definition) is 5. The molecular formula is C15H20N2O5. The first-order valence-corrected chi connectivity index (χ1v) is 7.01. The highest BCUT2D eigenvalue weighted by molar-refractivity contribution is 5.93. The molecule has 2 amide bonds. The summed E-state index contributed by atoms with van der Waals surface area (Å²) in [5, 5.41) is 2.40. The summed E-state index contributed by atoms with van der Waals surface area (Å²) in [7, 11) is 0. The topological polar surface area (TPSA) is 99.9 Å². The molecule has 0 bridgehead atoms. The van der Waals surface area contributed by atoms with E-state index in [0.29, 0.717) is 24.3 Å². The number of carbonyl (C=O) groups excluding carboxylic acids is 2. The molecule has 3 N–H and O–H groups in total. The van der Waals surface area contributed by atoms with Crippen LogP contribution in [0.2, 0.25) is 0 Å². The van der Waals surface area contributed by atoms with Crippen molar-refractivity contribution in [2.75, 3.05) is 18.5 Å². The Morgan fingerprint density at radius 1 is 1.45 bits per heavy atom.